The zero-order valence-electron chi connectivity index (χ0n) is 18.3. The third-order valence-corrected chi connectivity index (χ3v) is 6.42. The smallest absolute Gasteiger partial charge is 0.289 e. The quantitative estimate of drug-likeness (QED) is 0.476. The molecule has 0 atom stereocenters. The van der Waals surface area contributed by atoms with Crippen molar-refractivity contribution in [3.63, 3.8) is 0 Å². The summed E-state index contributed by atoms with van der Waals surface area (Å²) in [5.74, 6) is -0.127. The molecule has 1 saturated heterocycles. The van der Waals surface area contributed by atoms with Crippen LogP contribution in [0.1, 0.15) is 26.5 Å². The van der Waals surface area contributed by atoms with Crippen molar-refractivity contribution in [2.24, 2.45) is 0 Å². The van der Waals surface area contributed by atoms with E-state index in [1.54, 1.807) is 41.3 Å². The van der Waals surface area contributed by atoms with E-state index in [0.717, 1.165) is 11.3 Å². The Hall–Kier alpha value is -3.07. The summed E-state index contributed by atoms with van der Waals surface area (Å²) in [6.45, 7) is 4.28. The van der Waals surface area contributed by atoms with Crippen LogP contribution in [0.15, 0.2) is 59.2 Å². The number of hydrogen-bond acceptors (Lipinski definition) is 5. The van der Waals surface area contributed by atoms with Crippen molar-refractivity contribution in [3.8, 4) is 0 Å². The van der Waals surface area contributed by atoms with Crippen molar-refractivity contribution in [2.75, 3.05) is 36.4 Å². The van der Waals surface area contributed by atoms with Gasteiger partial charge < -0.3 is 19.5 Å². The van der Waals surface area contributed by atoms with Crippen molar-refractivity contribution >= 4 is 63.7 Å². The summed E-state index contributed by atoms with van der Waals surface area (Å²) in [5.41, 5.74) is 2.81. The molecule has 2 heterocycles. The Morgan fingerprint density at radius 2 is 1.76 bits per heavy atom. The van der Waals surface area contributed by atoms with Crippen molar-refractivity contribution < 1.29 is 14.0 Å². The van der Waals surface area contributed by atoms with E-state index in [1.807, 2.05) is 19.1 Å². The normalized spacial score (nSPS) is 13.5. The Morgan fingerprint density at radius 3 is 2.41 bits per heavy atom. The van der Waals surface area contributed by atoms with E-state index >= 15 is 0 Å². The highest BCUT2D eigenvalue weighted by atomic mass is 35.5. The maximum Gasteiger partial charge on any atom is 0.289 e. The van der Waals surface area contributed by atoms with Crippen molar-refractivity contribution in [1.29, 1.82) is 0 Å². The summed E-state index contributed by atoms with van der Waals surface area (Å²) in [7, 11) is 0. The van der Waals surface area contributed by atoms with Gasteiger partial charge in [-0.25, -0.2) is 0 Å². The molecule has 7 nitrogen and oxygen atoms in total. The summed E-state index contributed by atoms with van der Waals surface area (Å²) in [6.07, 6.45) is 1.49. The lowest BCUT2D eigenvalue weighted by Crippen LogP contribution is -2.48. The summed E-state index contributed by atoms with van der Waals surface area (Å²) >= 11 is 17.9. The highest BCUT2D eigenvalue weighted by Gasteiger charge is 2.24. The van der Waals surface area contributed by atoms with Crippen LogP contribution in [-0.4, -0.2) is 48.0 Å². The zero-order valence-corrected chi connectivity index (χ0v) is 20.6. The number of thiocarbonyl (C=S) groups is 1. The Kier molecular flexibility index (Phi) is 7.41. The van der Waals surface area contributed by atoms with E-state index in [4.69, 9.17) is 39.8 Å². The number of carbonyl (C=O) groups is 2. The van der Waals surface area contributed by atoms with Crippen LogP contribution in [0.25, 0.3) is 0 Å². The molecular weight excluding hydrogens is 495 g/mol. The second-order valence-corrected chi connectivity index (χ2v) is 9.02. The molecule has 0 unspecified atom stereocenters. The first-order chi connectivity index (χ1) is 16.3. The molecular formula is C24H22Cl2N4O3S. The van der Waals surface area contributed by atoms with E-state index in [0.29, 0.717) is 53.2 Å². The van der Waals surface area contributed by atoms with Gasteiger partial charge in [-0.05, 0) is 67.2 Å². The average Bonchev–Trinajstić information content (AvgIpc) is 3.35. The second-order valence-electron chi connectivity index (χ2n) is 7.79. The molecule has 2 N–H and O–H groups in total. The van der Waals surface area contributed by atoms with Gasteiger partial charge in [-0.3, -0.25) is 14.9 Å². The minimum Gasteiger partial charge on any atom is -0.459 e. The highest BCUT2D eigenvalue weighted by Crippen LogP contribution is 2.30. The number of anilines is 2. The molecule has 3 aromatic rings. The van der Waals surface area contributed by atoms with E-state index < -0.39 is 0 Å². The van der Waals surface area contributed by atoms with Gasteiger partial charge >= 0.3 is 0 Å². The molecule has 1 aliphatic heterocycles. The number of nitrogens with one attached hydrogen (secondary N) is 2. The molecule has 34 heavy (non-hydrogen) atoms. The number of halogens is 2. The molecule has 10 heteroatoms. The fourth-order valence-electron chi connectivity index (χ4n) is 3.62. The number of carbonyl (C=O) groups excluding carboxylic acids is 2. The molecule has 0 saturated carbocycles. The molecule has 0 aliphatic carbocycles. The third kappa shape index (κ3) is 5.52. The number of nitrogens with zero attached hydrogens (tertiary/aromatic N) is 2. The van der Waals surface area contributed by atoms with Gasteiger partial charge in [0.2, 0.25) is 0 Å². The summed E-state index contributed by atoms with van der Waals surface area (Å²) < 4.78 is 5.21. The Morgan fingerprint density at radius 1 is 1.00 bits per heavy atom. The van der Waals surface area contributed by atoms with E-state index in [9.17, 15) is 9.59 Å². The van der Waals surface area contributed by atoms with Gasteiger partial charge in [0.25, 0.3) is 11.8 Å². The van der Waals surface area contributed by atoms with Crippen molar-refractivity contribution in [1.82, 2.24) is 10.2 Å². The van der Waals surface area contributed by atoms with Gasteiger partial charge in [0, 0.05) is 42.5 Å². The van der Waals surface area contributed by atoms with Crippen LogP contribution in [0.3, 0.4) is 0 Å². The zero-order chi connectivity index (χ0) is 24.2. The highest BCUT2D eigenvalue weighted by molar-refractivity contribution is 7.80. The average molecular weight is 517 g/mol. The van der Waals surface area contributed by atoms with Crippen LogP contribution in [0.4, 0.5) is 11.4 Å². The van der Waals surface area contributed by atoms with Gasteiger partial charge in [0.1, 0.15) is 0 Å². The fraction of sp³-hybridized carbons (Fsp3) is 0.208. The molecule has 2 aromatic carbocycles. The van der Waals surface area contributed by atoms with Crippen LogP contribution in [0, 0.1) is 6.92 Å². The van der Waals surface area contributed by atoms with Gasteiger partial charge in [0.05, 0.1) is 17.0 Å². The maximum absolute atomic E-state index is 12.4. The number of benzene rings is 2. The standard InChI is InChI=1S/C24H22Cl2N4O3S/c1-15-4-5-16(13-18(15)25)22(31)28-24(34)27-17-6-7-20(19(26)14-17)29-8-10-30(11-9-29)23(32)21-3-2-12-33-21/h2-7,12-14H,8-11H2,1H3,(H2,27,28,31,34). The number of rotatable bonds is 4. The molecule has 1 aliphatic rings. The minimum atomic E-state index is -0.357. The molecule has 0 spiro atoms. The molecule has 0 bridgehead atoms. The molecule has 1 fully saturated rings. The first-order valence-electron chi connectivity index (χ1n) is 10.6. The first-order valence-corrected chi connectivity index (χ1v) is 11.7. The van der Waals surface area contributed by atoms with E-state index in [1.165, 1.54) is 6.26 Å². The monoisotopic (exact) mass is 516 g/mol. The molecule has 2 amide bonds. The second kappa shape index (κ2) is 10.5. The van der Waals surface area contributed by atoms with Crippen molar-refractivity contribution in [3.05, 3.63) is 81.7 Å². The van der Waals surface area contributed by atoms with Crippen LogP contribution < -0.4 is 15.5 Å². The van der Waals surface area contributed by atoms with Crippen LogP contribution in [-0.2, 0) is 0 Å². The van der Waals surface area contributed by atoms with Crippen LogP contribution in [0.5, 0.6) is 0 Å². The first kappa shape index (κ1) is 24.1. The molecule has 1 aromatic heterocycles. The predicted molar refractivity (Wildman–Crippen MR) is 138 cm³/mol. The Labute approximate surface area is 212 Å². The van der Waals surface area contributed by atoms with Gasteiger partial charge in [-0.2, -0.15) is 0 Å². The SMILES string of the molecule is Cc1ccc(C(=O)NC(=S)Nc2ccc(N3CCN(C(=O)c4ccco4)CC3)c(Cl)c2)cc1Cl. The van der Waals surface area contributed by atoms with Crippen LogP contribution >= 0.6 is 35.4 Å². The lowest BCUT2D eigenvalue weighted by molar-refractivity contribution is 0.0714. The van der Waals surface area contributed by atoms with Gasteiger partial charge in [0.15, 0.2) is 10.9 Å². The summed E-state index contributed by atoms with van der Waals surface area (Å²) in [6, 6.07) is 13.9. The van der Waals surface area contributed by atoms with E-state index in [-0.39, 0.29) is 16.9 Å². The maximum atomic E-state index is 12.4. The lowest BCUT2D eigenvalue weighted by Gasteiger charge is -2.36. The Balaban J connectivity index is 1.33. The van der Waals surface area contributed by atoms with E-state index in [2.05, 4.69) is 15.5 Å². The lowest BCUT2D eigenvalue weighted by atomic mass is 10.1. The molecule has 4 rings (SSSR count). The summed E-state index contributed by atoms with van der Waals surface area (Å²) in [5, 5.41) is 6.82. The largest absolute Gasteiger partial charge is 0.459 e. The Bertz CT molecular complexity index is 1220. The summed E-state index contributed by atoms with van der Waals surface area (Å²) in [4.78, 5) is 28.8. The third-order valence-electron chi connectivity index (χ3n) is 5.51. The van der Waals surface area contributed by atoms with Gasteiger partial charge in [-0.15, -0.1) is 0 Å². The van der Waals surface area contributed by atoms with Crippen LogP contribution in [0.2, 0.25) is 10.0 Å². The molecule has 176 valence electrons. The van der Waals surface area contributed by atoms with Gasteiger partial charge in [-0.1, -0.05) is 29.3 Å². The number of hydrogen-bond donors (Lipinski definition) is 2. The predicted octanol–water partition coefficient (Wildman–Crippen LogP) is 4.98. The number of aryl methyl sites for hydroxylation is 1. The topological polar surface area (TPSA) is 77.8 Å². The number of furan rings is 1. The minimum absolute atomic E-state index is 0.112. The number of piperazine rings is 1. The fourth-order valence-corrected chi connectivity index (χ4v) is 4.31. The molecule has 0 radical (unpaired) electrons. The number of amides is 2. The van der Waals surface area contributed by atoms with Crippen molar-refractivity contribution in [2.45, 2.75) is 6.92 Å².